The average Bonchev–Trinajstić information content (AvgIpc) is 3.27. The molecule has 37 heavy (non-hydrogen) atoms. The normalized spacial score (nSPS) is 26.7. The van der Waals surface area contributed by atoms with Crippen LogP contribution >= 0.6 is 0 Å². The topological polar surface area (TPSA) is 106 Å². The Morgan fingerprint density at radius 2 is 1.89 bits per heavy atom. The summed E-state index contributed by atoms with van der Waals surface area (Å²) in [6.45, 7) is -1.83. The minimum Gasteiger partial charge on any atom is -0.333 e. The number of amides is 1. The number of halogens is 6. The maximum Gasteiger partial charge on any atom is 0.417 e. The summed E-state index contributed by atoms with van der Waals surface area (Å²) >= 11 is 0. The van der Waals surface area contributed by atoms with E-state index in [-0.39, 0.29) is 29.7 Å². The molecule has 200 valence electrons. The van der Waals surface area contributed by atoms with Gasteiger partial charge in [-0.1, -0.05) is 6.07 Å². The average molecular weight is 552 g/mol. The Balaban J connectivity index is 1.55. The van der Waals surface area contributed by atoms with E-state index in [0.717, 1.165) is 23.5 Å². The summed E-state index contributed by atoms with van der Waals surface area (Å²) in [7, 11) is -3.02. The number of benzene rings is 1. The molecule has 1 aromatic carbocycles. The zero-order valence-electron chi connectivity index (χ0n) is 18.9. The Bertz CT molecular complexity index is 1420. The van der Waals surface area contributed by atoms with Crippen LogP contribution in [0.2, 0.25) is 0 Å². The van der Waals surface area contributed by atoms with E-state index in [1.807, 2.05) is 0 Å². The van der Waals surface area contributed by atoms with Crippen LogP contribution in [0.15, 0.2) is 34.4 Å². The van der Waals surface area contributed by atoms with Crippen molar-refractivity contribution in [1.29, 1.82) is 0 Å². The van der Waals surface area contributed by atoms with Gasteiger partial charge in [-0.2, -0.15) is 36.5 Å². The second kappa shape index (κ2) is 8.01. The number of rotatable bonds is 5. The van der Waals surface area contributed by atoms with Crippen molar-refractivity contribution in [3.8, 4) is 0 Å². The molecule has 0 radical (unpaired) electrons. The molecular formula is C21H18F6N4O5S. The molecule has 5 rings (SSSR count). The van der Waals surface area contributed by atoms with Crippen LogP contribution in [0.5, 0.6) is 0 Å². The standard InChI is InChI=1S/C21H18F6N4O5S/c1-30-17(32)20(35-9-12-6-7-31(29-12)11-19(22,23)24)18(36-20,10-28-30)14-4-5-15(21(25,26)27)16-13(14)3-2-8-37(16,33)34/h4-7,10H,2-3,8-9,11H2,1H3. The van der Waals surface area contributed by atoms with Crippen LogP contribution in [0.4, 0.5) is 26.3 Å². The third-order valence-electron chi connectivity index (χ3n) is 6.32. The maximum absolute atomic E-state index is 13.7. The van der Waals surface area contributed by atoms with Gasteiger partial charge in [-0.15, -0.1) is 0 Å². The van der Waals surface area contributed by atoms with E-state index in [2.05, 4.69) is 10.2 Å². The fourth-order valence-electron chi connectivity index (χ4n) is 4.72. The number of fused-ring (bicyclic) bond motifs is 2. The fourth-order valence-corrected chi connectivity index (χ4v) is 6.55. The van der Waals surface area contributed by atoms with Crippen molar-refractivity contribution in [2.75, 3.05) is 12.8 Å². The number of ether oxygens (including phenoxy) is 2. The summed E-state index contributed by atoms with van der Waals surface area (Å²) in [5, 5.41) is 8.55. The smallest absolute Gasteiger partial charge is 0.333 e. The van der Waals surface area contributed by atoms with Crippen molar-refractivity contribution in [3.63, 3.8) is 0 Å². The molecule has 2 unspecified atom stereocenters. The molecule has 0 aliphatic carbocycles. The molecule has 16 heteroatoms. The molecule has 0 bridgehead atoms. The number of alkyl halides is 6. The first-order chi connectivity index (χ1) is 17.1. The van der Waals surface area contributed by atoms with Gasteiger partial charge in [0, 0.05) is 18.8 Å². The van der Waals surface area contributed by atoms with Crippen LogP contribution in [-0.4, -0.2) is 60.1 Å². The predicted molar refractivity (Wildman–Crippen MR) is 112 cm³/mol. The number of sulfone groups is 1. The molecule has 1 saturated heterocycles. The second-order valence-corrected chi connectivity index (χ2v) is 10.9. The lowest BCUT2D eigenvalue weighted by molar-refractivity contribution is -0.159. The molecule has 0 saturated carbocycles. The van der Waals surface area contributed by atoms with E-state index >= 15 is 0 Å². The van der Waals surface area contributed by atoms with Crippen molar-refractivity contribution >= 4 is 22.0 Å². The number of hydrogen-bond donors (Lipinski definition) is 0. The maximum atomic E-state index is 13.7. The Morgan fingerprint density at radius 3 is 2.57 bits per heavy atom. The minimum absolute atomic E-state index is 0.0217. The summed E-state index contributed by atoms with van der Waals surface area (Å²) in [6, 6.07) is 2.90. The third kappa shape index (κ3) is 4.10. The highest BCUT2D eigenvalue weighted by atomic mass is 32.2. The monoisotopic (exact) mass is 552 g/mol. The van der Waals surface area contributed by atoms with Gasteiger partial charge in [-0.05, 0) is 30.5 Å². The van der Waals surface area contributed by atoms with Crippen LogP contribution in [0.1, 0.15) is 28.8 Å². The van der Waals surface area contributed by atoms with E-state index in [0.29, 0.717) is 10.7 Å². The van der Waals surface area contributed by atoms with Crippen LogP contribution in [0.3, 0.4) is 0 Å². The molecule has 4 heterocycles. The van der Waals surface area contributed by atoms with Gasteiger partial charge in [0.1, 0.15) is 6.54 Å². The number of aromatic nitrogens is 2. The Morgan fingerprint density at radius 1 is 1.16 bits per heavy atom. The lowest BCUT2D eigenvalue weighted by Crippen LogP contribution is -2.47. The predicted octanol–water partition coefficient (Wildman–Crippen LogP) is 2.78. The van der Waals surface area contributed by atoms with Gasteiger partial charge in [0.05, 0.1) is 34.7 Å². The Kier molecular flexibility index (Phi) is 5.55. The SMILES string of the molecule is CN1N=CC2(c3ccc(C(F)(F)F)c4c3CCCS4(=O)=O)OC2(OCc2ccn(CC(F)(F)F)n2)C1=O. The van der Waals surface area contributed by atoms with E-state index < -0.39 is 68.8 Å². The summed E-state index contributed by atoms with van der Waals surface area (Å²) < 4.78 is 117. The zero-order valence-corrected chi connectivity index (χ0v) is 19.7. The number of nitrogens with zero attached hydrogens (tertiary/aromatic N) is 4. The molecule has 9 nitrogen and oxygen atoms in total. The molecule has 2 atom stereocenters. The second-order valence-electron chi connectivity index (χ2n) is 8.82. The number of hydrogen-bond acceptors (Lipinski definition) is 7. The molecule has 3 aliphatic heterocycles. The molecule has 2 aromatic rings. The largest absolute Gasteiger partial charge is 0.417 e. The van der Waals surface area contributed by atoms with Gasteiger partial charge < -0.3 is 9.47 Å². The number of carbonyl (C=O) groups is 1. The van der Waals surface area contributed by atoms with Crippen molar-refractivity contribution in [3.05, 3.63) is 46.8 Å². The molecule has 1 fully saturated rings. The fraction of sp³-hybridized carbons (Fsp3) is 0.476. The van der Waals surface area contributed by atoms with Crippen molar-refractivity contribution in [1.82, 2.24) is 14.8 Å². The quantitative estimate of drug-likeness (QED) is 0.417. The van der Waals surface area contributed by atoms with Gasteiger partial charge in [0.2, 0.25) is 0 Å². The summed E-state index contributed by atoms with van der Waals surface area (Å²) in [5.74, 6) is -3.44. The molecular weight excluding hydrogens is 534 g/mol. The highest BCUT2D eigenvalue weighted by molar-refractivity contribution is 7.91. The van der Waals surface area contributed by atoms with Gasteiger partial charge >= 0.3 is 18.3 Å². The number of hydrazone groups is 1. The van der Waals surface area contributed by atoms with E-state index in [1.54, 1.807) is 0 Å². The van der Waals surface area contributed by atoms with Crippen molar-refractivity contribution in [2.45, 2.75) is 54.6 Å². The van der Waals surface area contributed by atoms with Crippen LogP contribution in [0.25, 0.3) is 0 Å². The Hall–Kier alpha value is -2.98. The molecule has 3 aliphatic rings. The first kappa shape index (κ1) is 25.7. The summed E-state index contributed by atoms with van der Waals surface area (Å²) in [6.07, 6.45) is -7.24. The lowest BCUT2D eigenvalue weighted by Gasteiger charge is -2.28. The zero-order chi connectivity index (χ0) is 27.0. The molecule has 1 aromatic heterocycles. The number of likely N-dealkylation sites (N-methyl/N-ethyl adjacent to an activating group) is 1. The van der Waals surface area contributed by atoms with Gasteiger partial charge in [0.15, 0.2) is 15.4 Å². The number of epoxide rings is 1. The van der Waals surface area contributed by atoms with E-state index in [1.165, 1.54) is 13.1 Å². The highest BCUT2D eigenvalue weighted by Crippen LogP contribution is 2.60. The lowest BCUT2D eigenvalue weighted by atomic mass is 9.86. The van der Waals surface area contributed by atoms with Crippen molar-refractivity contribution < 1.29 is 49.0 Å². The van der Waals surface area contributed by atoms with Gasteiger partial charge in [0.25, 0.3) is 5.79 Å². The van der Waals surface area contributed by atoms with E-state index in [4.69, 9.17) is 9.47 Å². The molecule has 0 N–H and O–H groups in total. The van der Waals surface area contributed by atoms with Gasteiger partial charge in [-0.25, -0.2) is 13.4 Å². The molecule has 1 amide bonds. The van der Waals surface area contributed by atoms with E-state index in [9.17, 15) is 39.6 Å². The first-order valence-electron chi connectivity index (χ1n) is 10.8. The molecule has 0 spiro atoms. The summed E-state index contributed by atoms with van der Waals surface area (Å²) in [4.78, 5) is 12.2. The van der Waals surface area contributed by atoms with Crippen LogP contribution in [-0.2, 0) is 55.5 Å². The highest BCUT2D eigenvalue weighted by Gasteiger charge is 2.80. The van der Waals surface area contributed by atoms with Crippen LogP contribution < -0.4 is 0 Å². The Labute approximate surface area is 205 Å². The minimum atomic E-state index is -4.95. The van der Waals surface area contributed by atoms with Gasteiger partial charge in [-0.3, -0.25) is 9.48 Å². The first-order valence-corrected chi connectivity index (χ1v) is 12.5. The van der Waals surface area contributed by atoms with Crippen LogP contribution in [0, 0.1) is 0 Å². The number of carbonyl (C=O) groups excluding carboxylic acids is 1. The third-order valence-corrected chi connectivity index (χ3v) is 8.23. The van der Waals surface area contributed by atoms with Crippen molar-refractivity contribution in [2.24, 2.45) is 5.10 Å². The summed E-state index contributed by atoms with van der Waals surface area (Å²) in [5.41, 5.74) is -3.30.